The van der Waals surface area contributed by atoms with Gasteiger partial charge in [0.05, 0.1) is 6.07 Å². The minimum atomic E-state index is -0.843. The first-order chi connectivity index (χ1) is 9.52. The lowest BCUT2D eigenvalue weighted by molar-refractivity contribution is 0.0978. The van der Waals surface area contributed by atoms with Crippen LogP contribution in [0.5, 0.6) is 0 Å². The number of rotatable bonds is 3. The van der Waals surface area contributed by atoms with Crippen molar-refractivity contribution in [1.29, 1.82) is 5.26 Å². The molecule has 0 saturated carbocycles. The van der Waals surface area contributed by atoms with Crippen molar-refractivity contribution in [1.82, 2.24) is 0 Å². The molecule has 2 nitrogen and oxygen atoms in total. The molecule has 0 amide bonds. The third-order valence-electron chi connectivity index (χ3n) is 2.77. The van der Waals surface area contributed by atoms with Crippen LogP contribution in [0.2, 0.25) is 5.02 Å². The van der Waals surface area contributed by atoms with Gasteiger partial charge in [-0.05, 0) is 51.8 Å². The summed E-state index contributed by atoms with van der Waals surface area (Å²) >= 11 is 12.5. The van der Waals surface area contributed by atoms with Crippen LogP contribution in [0.3, 0.4) is 0 Å². The fourth-order valence-electron chi connectivity index (χ4n) is 1.82. The molecule has 0 heterocycles. The monoisotopic (exact) mass is 411 g/mol. The Bertz CT molecular complexity index is 709. The van der Waals surface area contributed by atoms with E-state index in [0.717, 1.165) is 4.47 Å². The maximum absolute atomic E-state index is 12.5. The molecule has 20 heavy (non-hydrogen) atoms. The van der Waals surface area contributed by atoms with Gasteiger partial charge in [-0.3, -0.25) is 4.79 Å². The van der Waals surface area contributed by atoms with E-state index in [-0.39, 0.29) is 5.78 Å². The second-order valence-corrected chi connectivity index (χ2v) is 6.31. The van der Waals surface area contributed by atoms with Gasteiger partial charge >= 0.3 is 0 Å². The molecule has 0 aliphatic rings. The average molecular weight is 413 g/mol. The lowest BCUT2D eigenvalue weighted by atomic mass is 9.92. The number of benzene rings is 2. The van der Waals surface area contributed by atoms with Crippen LogP contribution in [0.25, 0.3) is 0 Å². The molecule has 0 fully saturated rings. The minimum Gasteiger partial charge on any atom is -0.292 e. The first-order valence-corrected chi connectivity index (χ1v) is 7.63. The van der Waals surface area contributed by atoms with Crippen LogP contribution in [0, 0.1) is 11.3 Å². The van der Waals surface area contributed by atoms with E-state index in [0.29, 0.717) is 20.6 Å². The molecular formula is C15H8Br2ClNO. The van der Waals surface area contributed by atoms with E-state index in [1.54, 1.807) is 36.4 Å². The van der Waals surface area contributed by atoms with Crippen molar-refractivity contribution >= 4 is 49.2 Å². The van der Waals surface area contributed by atoms with Crippen LogP contribution in [-0.4, -0.2) is 5.78 Å². The number of halogens is 3. The van der Waals surface area contributed by atoms with Crippen LogP contribution in [0.15, 0.2) is 51.4 Å². The van der Waals surface area contributed by atoms with Gasteiger partial charge in [0.25, 0.3) is 0 Å². The number of carbonyl (C=O) groups excluding carboxylic acids is 1. The van der Waals surface area contributed by atoms with Gasteiger partial charge in [0.1, 0.15) is 5.92 Å². The van der Waals surface area contributed by atoms with Crippen molar-refractivity contribution in [3.63, 3.8) is 0 Å². The second kappa shape index (κ2) is 6.53. The van der Waals surface area contributed by atoms with Crippen molar-refractivity contribution in [2.45, 2.75) is 5.92 Å². The zero-order valence-electron chi connectivity index (χ0n) is 10.1. The highest BCUT2D eigenvalue weighted by molar-refractivity contribution is 9.10. The van der Waals surface area contributed by atoms with Gasteiger partial charge in [-0.2, -0.15) is 5.26 Å². The van der Waals surface area contributed by atoms with E-state index in [2.05, 4.69) is 37.9 Å². The van der Waals surface area contributed by atoms with E-state index < -0.39 is 5.92 Å². The molecule has 2 aromatic rings. The van der Waals surface area contributed by atoms with E-state index in [9.17, 15) is 10.1 Å². The molecule has 0 aromatic heterocycles. The van der Waals surface area contributed by atoms with Gasteiger partial charge < -0.3 is 0 Å². The topological polar surface area (TPSA) is 40.9 Å². The van der Waals surface area contributed by atoms with Crippen molar-refractivity contribution in [2.75, 3.05) is 0 Å². The molecule has 0 bridgehead atoms. The molecule has 0 N–H and O–H groups in total. The maximum Gasteiger partial charge on any atom is 0.185 e. The van der Waals surface area contributed by atoms with E-state index >= 15 is 0 Å². The smallest absolute Gasteiger partial charge is 0.185 e. The Morgan fingerprint density at radius 1 is 1.20 bits per heavy atom. The first kappa shape index (κ1) is 15.2. The molecule has 100 valence electrons. The summed E-state index contributed by atoms with van der Waals surface area (Å²) in [7, 11) is 0. The van der Waals surface area contributed by atoms with Crippen molar-refractivity contribution in [3.05, 3.63) is 67.6 Å². The third-order valence-corrected chi connectivity index (χ3v) is 4.15. The van der Waals surface area contributed by atoms with Crippen LogP contribution < -0.4 is 0 Å². The predicted octanol–water partition coefficient (Wildman–Crippen LogP) is 5.36. The zero-order valence-corrected chi connectivity index (χ0v) is 14.0. The van der Waals surface area contributed by atoms with Gasteiger partial charge in [-0.15, -0.1) is 0 Å². The summed E-state index contributed by atoms with van der Waals surface area (Å²) in [6.45, 7) is 0. The lowest BCUT2D eigenvalue weighted by Gasteiger charge is -2.10. The molecule has 0 saturated heterocycles. The molecular weight excluding hydrogens is 405 g/mol. The van der Waals surface area contributed by atoms with Crippen LogP contribution >= 0.6 is 43.5 Å². The Labute approximate surface area is 138 Å². The molecule has 0 aliphatic heterocycles. The van der Waals surface area contributed by atoms with Crippen molar-refractivity contribution in [2.24, 2.45) is 0 Å². The number of carbonyl (C=O) groups is 1. The molecule has 1 atom stereocenters. The minimum absolute atomic E-state index is 0.255. The van der Waals surface area contributed by atoms with E-state index in [4.69, 9.17) is 11.6 Å². The maximum atomic E-state index is 12.5. The summed E-state index contributed by atoms with van der Waals surface area (Å²) in [6, 6.07) is 14.1. The largest absolute Gasteiger partial charge is 0.292 e. The quantitative estimate of drug-likeness (QED) is 0.636. The number of Topliss-reactive ketones (excluding diaryl/α,β-unsaturated/α-hetero) is 1. The average Bonchev–Trinajstić information content (AvgIpc) is 2.39. The number of nitrogens with zero attached hydrogens (tertiary/aromatic N) is 1. The summed E-state index contributed by atoms with van der Waals surface area (Å²) < 4.78 is 1.42. The lowest BCUT2D eigenvalue weighted by Crippen LogP contribution is -2.12. The second-order valence-electron chi connectivity index (χ2n) is 4.11. The fourth-order valence-corrected chi connectivity index (χ4v) is 3.11. The van der Waals surface area contributed by atoms with Gasteiger partial charge in [-0.1, -0.05) is 39.7 Å². The van der Waals surface area contributed by atoms with Crippen LogP contribution in [-0.2, 0) is 0 Å². The Kier molecular flexibility index (Phi) is 4.98. The highest BCUT2D eigenvalue weighted by Gasteiger charge is 2.23. The molecule has 0 radical (unpaired) electrons. The Morgan fingerprint density at radius 3 is 2.55 bits per heavy atom. The summed E-state index contributed by atoms with van der Waals surface area (Å²) in [4.78, 5) is 12.5. The van der Waals surface area contributed by atoms with E-state index in [1.165, 1.54) is 0 Å². The van der Waals surface area contributed by atoms with Crippen molar-refractivity contribution in [3.8, 4) is 6.07 Å². The molecule has 2 rings (SSSR count). The predicted molar refractivity (Wildman–Crippen MR) is 86.0 cm³/mol. The summed E-state index contributed by atoms with van der Waals surface area (Å²) in [6.07, 6.45) is 0. The van der Waals surface area contributed by atoms with Gasteiger partial charge in [0.2, 0.25) is 0 Å². The zero-order chi connectivity index (χ0) is 14.7. The SMILES string of the molecule is N#CC(C(=O)c1ccc(Cl)cc1Br)c1cccc(Br)c1. The highest BCUT2D eigenvalue weighted by Crippen LogP contribution is 2.28. The third kappa shape index (κ3) is 3.29. The highest BCUT2D eigenvalue weighted by atomic mass is 79.9. The Balaban J connectivity index is 2.42. The summed E-state index contributed by atoms with van der Waals surface area (Å²) in [5, 5.41) is 9.85. The standard InChI is InChI=1S/C15H8Br2ClNO/c16-10-3-1-2-9(6-10)13(8-19)15(20)12-5-4-11(18)7-14(12)17/h1-7,13H. The Hall–Kier alpha value is -1.15. The van der Waals surface area contributed by atoms with Crippen LogP contribution in [0.1, 0.15) is 21.8 Å². The number of ketones is 1. The molecule has 5 heteroatoms. The number of nitriles is 1. The van der Waals surface area contributed by atoms with Crippen molar-refractivity contribution < 1.29 is 4.79 Å². The molecule has 0 spiro atoms. The summed E-state index contributed by atoms with van der Waals surface area (Å²) in [5.41, 5.74) is 1.11. The van der Waals surface area contributed by atoms with E-state index in [1.807, 2.05) is 6.07 Å². The Morgan fingerprint density at radius 2 is 1.95 bits per heavy atom. The molecule has 1 unspecified atom stereocenters. The fraction of sp³-hybridized carbons (Fsp3) is 0.0667. The van der Waals surface area contributed by atoms with Gasteiger partial charge in [-0.25, -0.2) is 0 Å². The van der Waals surface area contributed by atoms with Gasteiger partial charge in [0, 0.05) is 19.5 Å². The summed E-state index contributed by atoms with van der Waals surface area (Å²) in [5.74, 6) is -1.10. The molecule has 2 aromatic carbocycles. The number of hydrogen-bond acceptors (Lipinski definition) is 2. The normalized spacial score (nSPS) is 11.7. The van der Waals surface area contributed by atoms with Gasteiger partial charge in [0.15, 0.2) is 5.78 Å². The van der Waals surface area contributed by atoms with Crippen LogP contribution in [0.4, 0.5) is 0 Å². The molecule has 0 aliphatic carbocycles. The number of hydrogen-bond donors (Lipinski definition) is 0. The first-order valence-electron chi connectivity index (χ1n) is 5.67.